The Morgan fingerprint density at radius 3 is 2.71 bits per heavy atom. The molecule has 1 atom stereocenters. The summed E-state index contributed by atoms with van der Waals surface area (Å²) < 4.78 is 0. The molecule has 0 spiro atoms. The number of aryl methyl sites for hydroxylation is 1. The molecule has 0 radical (unpaired) electrons. The quantitative estimate of drug-likeness (QED) is 0.198. The number of amides is 1. The topological polar surface area (TPSA) is 125 Å². The molecule has 9 heteroatoms. The normalized spacial score (nSPS) is 17.3. The maximum absolute atomic E-state index is 13.1. The van der Waals surface area contributed by atoms with Crippen molar-refractivity contribution in [3.05, 3.63) is 71.5 Å². The lowest BCUT2D eigenvalue weighted by Crippen LogP contribution is -2.57. The molecule has 42 heavy (non-hydrogen) atoms. The van der Waals surface area contributed by atoms with Crippen LogP contribution in [-0.2, 0) is 29.0 Å². The van der Waals surface area contributed by atoms with E-state index in [0.29, 0.717) is 31.7 Å². The minimum atomic E-state index is -0.926. The van der Waals surface area contributed by atoms with Crippen molar-refractivity contribution >= 4 is 45.1 Å². The molecule has 3 heterocycles. The maximum Gasteiger partial charge on any atom is 0.322 e. The predicted octanol–water partition coefficient (Wildman–Crippen LogP) is 4.62. The van der Waals surface area contributed by atoms with Gasteiger partial charge in [-0.15, -0.1) is 0 Å². The van der Waals surface area contributed by atoms with Gasteiger partial charge in [0.1, 0.15) is 6.04 Å². The average molecular weight is 567 g/mol. The Bertz CT molecular complexity index is 1620. The standard InChI is InChI=1S/C33H38N6O3/c34-26-11-7-8-22-15-16-23(36-31(22)26)20-38-18-19-39(21-29(38)33(41)42)30(40)14-5-6-17-35-32-24-9-1-3-12-27(24)37-28-13-4-2-10-25(28)32/h1,3,7-9,11-12,15-16,29H,2,4-6,10,13-14,17-21,34H2,(H,35,37)(H,41,42). The van der Waals surface area contributed by atoms with E-state index in [1.54, 1.807) is 4.90 Å². The van der Waals surface area contributed by atoms with E-state index in [4.69, 9.17) is 10.7 Å². The van der Waals surface area contributed by atoms with Crippen molar-refractivity contribution in [1.82, 2.24) is 19.8 Å². The first-order valence-electron chi connectivity index (χ1n) is 15.0. The van der Waals surface area contributed by atoms with Crippen molar-refractivity contribution < 1.29 is 14.7 Å². The van der Waals surface area contributed by atoms with Crippen LogP contribution in [-0.4, -0.2) is 69.0 Å². The van der Waals surface area contributed by atoms with E-state index in [-0.39, 0.29) is 12.5 Å². The lowest BCUT2D eigenvalue weighted by molar-refractivity contribution is -0.149. The van der Waals surface area contributed by atoms with Gasteiger partial charge in [0, 0.05) is 61.3 Å². The number of nitrogens with zero attached hydrogens (tertiary/aromatic N) is 4. The molecule has 6 rings (SSSR count). The first-order valence-corrected chi connectivity index (χ1v) is 15.0. The van der Waals surface area contributed by atoms with Crippen molar-refractivity contribution in [1.29, 1.82) is 0 Å². The molecule has 2 aromatic carbocycles. The minimum Gasteiger partial charge on any atom is -0.480 e. The van der Waals surface area contributed by atoms with Gasteiger partial charge in [-0.2, -0.15) is 0 Å². The number of aromatic nitrogens is 2. The van der Waals surface area contributed by atoms with Gasteiger partial charge in [-0.25, -0.2) is 4.98 Å². The van der Waals surface area contributed by atoms with E-state index in [9.17, 15) is 14.7 Å². The number of rotatable bonds is 9. The smallest absolute Gasteiger partial charge is 0.322 e. The molecule has 2 aliphatic rings. The van der Waals surface area contributed by atoms with E-state index >= 15 is 0 Å². The van der Waals surface area contributed by atoms with Crippen molar-refractivity contribution in [2.45, 2.75) is 57.5 Å². The van der Waals surface area contributed by atoms with Crippen molar-refractivity contribution in [2.24, 2.45) is 0 Å². The highest BCUT2D eigenvalue weighted by atomic mass is 16.4. The molecule has 1 fully saturated rings. The van der Waals surface area contributed by atoms with Gasteiger partial charge in [0.25, 0.3) is 0 Å². The van der Waals surface area contributed by atoms with Crippen LogP contribution in [0.15, 0.2) is 54.6 Å². The maximum atomic E-state index is 13.1. The minimum absolute atomic E-state index is 0.0178. The van der Waals surface area contributed by atoms with Gasteiger partial charge in [-0.3, -0.25) is 19.5 Å². The molecule has 218 valence electrons. The number of hydrogen-bond acceptors (Lipinski definition) is 7. The predicted molar refractivity (Wildman–Crippen MR) is 165 cm³/mol. The van der Waals surface area contributed by atoms with E-state index in [1.807, 2.05) is 41.3 Å². The number of carboxylic acid groups (broad SMARTS) is 1. The number of unbranched alkanes of at least 4 members (excludes halogenated alkanes) is 1. The third-order valence-corrected chi connectivity index (χ3v) is 8.59. The van der Waals surface area contributed by atoms with Gasteiger partial charge in [0.15, 0.2) is 0 Å². The summed E-state index contributed by atoms with van der Waals surface area (Å²) in [5, 5.41) is 15.8. The zero-order valence-corrected chi connectivity index (χ0v) is 23.9. The fraction of sp³-hybridized carbons (Fsp3) is 0.394. The van der Waals surface area contributed by atoms with E-state index in [0.717, 1.165) is 59.7 Å². The van der Waals surface area contributed by atoms with Crippen LogP contribution in [0.3, 0.4) is 0 Å². The summed E-state index contributed by atoms with van der Waals surface area (Å²) >= 11 is 0. The number of para-hydroxylation sites is 2. The van der Waals surface area contributed by atoms with Crippen LogP contribution in [0.1, 0.15) is 49.1 Å². The summed E-state index contributed by atoms with van der Waals surface area (Å²) in [5.41, 5.74) is 13.0. The number of pyridine rings is 2. The first kappa shape index (κ1) is 27.9. The lowest BCUT2D eigenvalue weighted by atomic mass is 9.92. The van der Waals surface area contributed by atoms with Gasteiger partial charge in [-0.1, -0.05) is 36.4 Å². The van der Waals surface area contributed by atoms with Crippen molar-refractivity contribution in [3.63, 3.8) is 0 Å². The number of nitrogens with two attached hydrogens (primary N) is 1. The summed E-state index contributed by atoms with van der Waals surface area (Å²) in [5.74, 6) is -0.908. The molecule has 4 aromatic rings. The van der Waals surface area contributed by atoms with Gasteiger partial charge < -0.3 is 21.1 Å². The largest absolute Gasteiger partial charge is 0.480 e. The number of nitrogens with one attached hydrogen (secondary N) is 1. The molecule has 9 nitrogen and oxygen atoms in total. The molecule has 4 N–H and O–H groups in total. The zero-order chi connectivity index (χ0) is 29.1. The number of hydrogen-bond donors (Lipinski definition) is 3. The Kier molecular flexibility index (Phi) is 8.19. The highest BCUT2D eigenvalue weighted by molar-refractivity contribution is 5.93. The van der Waals surface area contributed by atoms with Crippen molar-refractivity contribution in [2.75, 3.05) is 37.2 Å². The third-order valence-electron chi connectivity index (χ3n) is 8.59. The van der Waals surface area contributed by atoms with E-state index < -0.39 is 12.0 Å². The Morgan fingerprint density at radius 2 is 1.83 bits per heavy atom. The summed E-state index contributed by atoms with van der Waals surface area (Å²) in [4.78, 5) is 38.5. The van der Waals surface area contributed by atoms with Gasteiger partial charge in [0.05, 0.1) is 22.4 Å². The van der Waals surface area contributed by atoms with Gasteiger partial charge in [0.2, 0.25) is 5.91 Å². The zero-order valence-electron chi connectivity index (χ0n) is 23.9. The van der Waals surface area contributed by atoms with Crippen LogP contribution in [0.25, 0.3) is 21.8 Å². The Labute approximate surface area is 245 Å². The van der Waals surface area contributed by atoms with Gasteiger partial charge in [-0.05, 0) is 62.3 Å². The second kappa shape index (κ2) is 12.3. The molecule has 1 aliphatic carbocycles. The number of anilines is 2. The highest BCUT2D eigenvalue weighted by Gasteiger charge is 2.34. The Hall–Kier alpha value is -4.24. The van der Waals surface area contributed by atoms with Gasteiger partial charge >= 0.3 is 5.97 Å². The number of carboxylic acids is 1. The number of carbonyl (C=O) groups is 2. The molecule has 1 unspecified atom stereocenters. The first-order chi connectivity index (χ1) is 20.5. The number of piperazine rings is 1. The van der Waals surface area contributed by atoms with Crippen LogP contribution < -0.4 is 11.1 Å². The fourth-order valence-electron chi connectivity index (χ4n) is 6.32. The van der Waals surface area contributed by atoms with E-state index in [2.05, 4.69) is 28.5 Å². The molecular weight excluding hydrogens is 528 g/mol. The SMILES string of the molecule is Nc1cccc2ccc(CN3CCN(C(=O)CCCCNc4c5c(nc6ccccc46)CCCC5)CC3C(=O)O)nc12. The number of carbonyl (C=O) groups excluding carboxylic acids is 1. The Morgan fingerprint density at radius 1 is 0.976 bits per heavy atom. The average Bonchev–Trinajstić information content (AvgIpc) is 3.00. The van der Waals surface area contributed by atoms with Crippen LogP contribution in [0.2, 0.25) is 0 Å². The van der Waals surface area contributed by atoms with Crippen LogP contribution >= 0.6 is 0 Å². The molecule has 0 bridgehead atoms. The molecule has 0 saturated carbocycles. The summed E-state index contributed by atoms with van der Waals surface area (Å²) in [6.45, 7) is 2.34. The molecule has 2 aromatic heterocycles. The summed E-state index contributed by atoms with van der Waals surface area (Å²) in [6, 6.07) is 17.1. The fourth-order valence-corrected chi connectivity index (χ4v) is 6.32. The second-order valence-electron chi connectivity index (χ2n) is 11.4. The van der Waals surface area contributed by atoms with Crippen molar-refractivity contribution in [3.8, 4) is 0 Å². The second-order valence-corrected chi connectivity index (χ2v) is 11.4. The Balaban J connectivity index is 1.02. The number of benzene rings is 2. The monoisotopic (exact) mass is 566 g/mol. The van der Waals surface area contributed by atoms with Crippen LogP contribution in [0.4, 0.5) is 11.4 Å². The molecular formula is C33H38N6O3. The molecule has 1 amide bonds. The summed E-state index contributed by atoms with van der Waals surface area (Å²) in [6.07, 6.45) is 6.47. The number of fused-ring (bicyclic) bond motifs is 3. The summed E-state index contributed by atoms with van der Waals surface area (Å²) in [7, 11) is 0. The highest BCUT2D eigenvalue weighted by Crippen LogP contribution is 2.33. The van der Waals surface area contributed by atoms with Crippen LogP contribution in [0, 0.1) is 0 Å². The molecule has 1 saturated heterocycles. The molecule has 1 aliphatic heterocycles. The third kappa shape index (κ3) is 5.87. The number of aliphatic carboxylic acids is 1. The van der Waals surface area contributed by atoms with Crippen LogP contribution in [0.5, 0.6) is 0 Å². The lowest BCUT2D eigenvalue weighted by Gasteiger charge is -2.39. The van der Waals surface area contributed by atoms with E-state index in [1.165, 1.54) is 29.8 Å². The number of nitrogen functional groups attached to an aromatic ring is 1.